The van der Waals surface area contributed by atoms with Crippen LogP contribution in [0.1, 0.15) is 11.1 Å². The maximum Gasteiger partial charge on any atom is 0.294 e. The first kappa shape index (κ1) is 19.3. The highest BCUT2D eigenvalue weighted by Crippen LogP contribution is 2.33. The minimum atomic E-state index is -0.660. The van der Waals surface area contributed by atoms with Crippen molar-refractivity contribution in [3.8, 4) is 0 Å². The smallest absolute Gasteiger partial charge is 0.294 e. The van der Waals surface area contributed by atoms with Crippen molar-refractivity contribution >= 4 is 46.3 Å². The Kier molecular flexibility index (Phi) is 5.55. The van der Waals surface area contributed by atoms with Gasteiger partial charge in [-0.15, -0.1) is 0 Å². The number of amides is 3. The number of nitrogens with zero attached hydrogens (tertiary/aromatic N) is 2. The predicted molar refractivity (Wildman–Crippen MR) is 106 cm³/mol. The van der Waals surface area contributed by atoms with Crippen LogP contribution in [0, 0.1) is 17.0 Å². The van der Waals surface area contributed by atoms with Crippen molar-refractivity contribution < 1.29 is 19.3 Å². The maximum absolute atomic E-state index is 12.5. The van der Waals surface area contributed by atoms with Gasteiger partial charge in [-0.1, -0.05) is 24.3 Å². The number of benzene rings is 2. The molecule has 0 aliphatic carbocycles. The summed E-state index contributed by atoms with van der Waals surface area (Å²) in [5, 5.41) is 13.1. The number of hydrogen-bond donors (Lipinski definition) is 1. The zero-order valence-electron chi connectivity index (χ0n) is 14.7. The minimum Gasteiger partial charge on any atom is -0.325 e. The van der Waals surface area contributed by atoms with Gasteiger partial charge in [0.1, 0.15) is 6.54 Å². The molecule has 2 aromatic rings. The van der Waals surface area contributed by atoms with E-state index in [1.807, 2.05) is 13.0 Å². The average Bonchev–Trinajstić information content (AvgIpc) is 2.89. The number of nitro groups is 1. The van der Waals surface area contributed by atoms with E-state index in [4.69, 9.17) is 0 Å². The van der Waals surface area contributed by atoms with Gasteiger partial charge in [0.25, 0.3) is 16.8 Å². The molecule has 0 bridgehead atoms. The summed E-state index contributed by atoms with van der Waals surface area (Å²) in [6.07, 6.45) is 1.29. The van der Waals surface area contributed by atoms with E-state index in [9.17, 15) is 24.5 Å². The van der Waals surface area contributed by atoms with Crippen LogP contribution in [0.4, 0.5) is 16.2 Å². The van der Waals surface area contributed by atoms with E-state index < -0.39 is 28.5 Å². The third-order valence-electron chi connectivity index (χ3n) is 3.90. The van der Waals surface area contributed by atoms with Gasteiger partial charge in [-0.2, -0.15) is 0 Å². The molecule has 28 heavy (non-hydrogen) atoms. The summed E-state index contributed by atoms with van der Waals surface area (Å²) in [4.78, 5) is 48.3. The van der Waals surface area contributed by atoms with Gasteiger partial charge in [-0.3, -0.25) is 29.4 Å². The summed E-state index contributed by atoms with van der Waals surface area (Å²) in [5.74, 6) is -1.17. The van der Waals surface area contributed by atoms with E-state index in [2.05, 4.69) is 5.32 Å². The van der Waals surface area contributed by atoms with Crippen LogP contribution in [0.5, 0.6) is 0 Å². The van der Waals surface area contributed by atoms with Crippen molar-refractivity contribution in [2.24, 2.45) is 0 Å². The van der Waals surface area contributed by atoms with Gasteiger partial charge in [0, 0.05) is 11.8 Å². The number of anilines is 1. The molecule has 9 heteroatoms. The molecule has 0 spiro atoms. The summed E-state index contributed by atoms with van der Waals surface area (Å²) in [6.45, 7) is 1.44. The molecule has 1 fully saturated rings. The number of nitrogens with one attached hydrogen (secondary N) is 1. The van der Waals surface area contributed by atoms with E-state index in [-0.39, 0.29) is 16.2 Å². The lowest BCUT2D eigenvalue weighted by Crippen LogP contribution is -2.36. The lowest BCUT2D eigenvalue weighted by Gasteiger charge is -2.12. The van der Waals surface area contributed by atoms with Crippen molar-refractivity contribution in [3.05, 3.63) is 74.7 Å². The zero-order chi connectivity index (χ0) is 20.3. The monoisotopic (exact) mass is 397 g/mol. The number of hydrogen-bond acceptors (Lipinski definition) is 6. The third kappa shape index (κ3) is 4.26. The number of carbonyl (C=O) groups is 3. The van der Waals surface area contributed by atoms with Crippen LogP contribution in [-0.4, -0.2) is 33.4 Å². The molecule has 142 valence electrons. The molecule has 3 amide bonds. The van der Waals surface area contributed by atoms with Gasteiger partial charge in [0.15, 0.2) is 0 Å². The fraction of sp³-hybridized carbons (Fsp3) is 0.105. The highest BCUT2D eigenvalue weighted by atomic mass is 32.2. The van der Waals surface area contributed by atoms with Crippen LogP contribution in [0.3, 0.4) is 0 Å². The Bertz CT molecular complexity index is 1020. The fourth-order valence-electron chi connectivity index (χ4n) is 2.62. The third-order valence-corrected chi connectivity index (χ3v) is 4.80. The van der Waals surface area contributed by atoms with Crippen molar-refractivity contribution in [1.29, 1.82) is 0 Å². The number of imide groups is 1. The van der Waals surface area contributed by atoms with Crippen LogP contribution in [-0.2, 0) is 9.59 Å². The molecule has 0 atom stereocenters. The lowest BCUT2D eigenvalue weighted by molar-refractivity contribution is -0.385. The van der Waals surface area contributed by atoms with Crippen LogP contribution in [0.2, 0.25) is 0 Å². The summed E-state index contributed by atoms with van der Waals surface area (Å²) >= 11 is 0.644. The number of carbonyl (C=O) groups excluding carboxylic acids is 3. The summed E-state index contributed by atoms with van der Waals surface area (Å²) < 4.78 is 0. The molecule has 2 aromatic carbocycles. The second-order valence-corrected chi connectivity index (χ2v) is 6.99. The van der Waals surface area contributed by atoms with Crippen LogP contribution in [0.15, 0.2) is 53.4 Å². The minimum absolute atomic E-state index is 0.0302. The first-order chi connectivity index (χ1) is 13.3. The molecular formula is C19H15N3O5S. The SMILES string of the molecule is Cc1cccc(NC(=O)CN2C(=O)S/C(=C/c3ccccc3[N+](=O)[O-])C2=O)c1. The quantitative estimate of drug-likeness (QED) is 0.469. The molecular weight excluding hydrogens is 382 g/mol. The molecule has 8 nitrogen and oxygen atoms in total. The highest BCUT2D eigenvalue weighted by molar-refractivity contribution is 8.18. The highest BCUT2D eigenvalue weighted by Gasteiger charge is 2.36. The first-order valence-corrected chi connectivity index (χ1v) is 9.02. The van der Waals surface area contributed by atoms with E-state index in [1.165, 1.54) is 24.3 Å². The van der Waals surface area contributed by atoms with Gasteiger partial charge in [-0.25, -0.2) is 0 Å². The van der Waals surface area contributed by atoms with E-state index >= 15 is 0 Å². The summed E-state index contributed by atoms with van der Waals surface area (Å²) in [7, 11) is 0. The van der Waals surface area contributed by atoms with Crippen LogP contribution in [0.25, 0.3) is 6.08 Å². The Morgan fingerprint density at radius 1 is 1.21 bits per heavy atom. The molecule has 1 N–H and O–H groups in total. The molecule has 1 saturated heterocycles. The van der Waals surface area contributed by atoms with Crippen LogP contribution < -0.4 is 5.32 Å². The van der Waals surface area contributed by atoms with E-state index in [0.29, 0.717) is 17.4 Å². The molecule has 1 aliphatic heterocycles. The Morgan fingerprint density at radius 3 is 2.68 bits per heavy atom. The molecule has 1 aliphatic rings. The van der Waals surface area contributed by atoms with Gasteiger partial charge in [-0.05, 0) is 48.5 Å². The second-order valence-electron chi connectivity index (χ2n) is 6.00. The van der Waals surface area contributed by atoms with Gasteiger partial charge in [0.2, 0.25) is 5.91 Å². The van der Waals surface area contributed by atoms with Crippen molar-refractivity contribution in [3.63, 3.8) is 0 Å². The number of thioether (sulfide) groups is 1. The molecule has 0 aromatic heterocycles. The molecule has 0 saturated carbocycles. The van der Waals surface area contributed by atoms with Gasteiger partial charge >= 0.3 is 0 Å². The first-order valence-electron chi connectivity index (χ1n) is 8.20. The second kappa shape index (κ2) is 8.05. The standard InChI is InChI=1S/C19H15N3O5S/c1-12-5-4-7-14(9-12)20-17(23)11-21-18(24)16(28-19(21)25)10-13-6-2-3-8-15(13)22(26)27/h2-10H,11H2,1H3,(H,20,23)/b16-10+. The van der Waals surface area contributed by atoms with Crippen LogP contribution >= 0.6 is 11.8 Å². The van der Waals surface area contributed by atoms with E-state index in [0.717, 1.165) is 10.5 Å². The Labute approximate surface area is 164 Å². The molecule has 3 rings (SSSR count). The fourth-order valence-corrected chi connectivity index (χ4v) is 3.45. The summed E-state index contributed by atoms with van der Waals surface area (Å²) in [6, 6.07) is 13.0. The number of rotatable bonds is 5. The predicted octanol–water partition coefficient (Wildman–Crippen LogP) is 3.58. The number of nitro benzene ring substituents is 1. The lowest BCUT2D eigenvalue weighted by atomic mass is 10.1. The number of aryl methyl sites for hydroxylation is 1. The number of para-hydroxylation sites is 1. The van der Waals surface area contributed by atoms with E-state index in [1.54, 1.807) is 24.3 Å². The molecule has 0 radical (unpaired) electrons. The normalized spacial score (nSPS) is 15.2. The summed E-state index contributed by atoms with van der Waals surface area (Å²) in [5.41, 5.74) is 1.55. The van der Waals surface area contributed by atoms with Crippen molar-refractivity contribution in [1.82, 2.24) is 4.90 Å². The Balaban J connectivity index is 1.75. The Hall–Kier alpha value is -3.46. The van der Waals surface area contributed by atoms with Crippen molar-refractivity contribution in [2.45, 2.75) is 6.92 Å². The average molecular weight is 397 g/mol. The molecule has 1 heterocycles. The largest absolute Gasteiger partial charge is 0.325 e. The van der Waals surface area contributed by atoms with Gasteiger partial charge in [0.05, 0.1) is 15.4 Å². The van der Waals surface area contributed by atoms with Gasteiger partial charge < -0.3 is 5.32 Å². The topological polar surface area (TPSA) is 110 Å². The van der Waals surface area contributed by atoms with Crippen molar-refractivity contribution in [2.75, 3.05) is 11.9 Å². The zero-order valence-corrected chi connectivity index (χ0v) is 15.6. The Morgan fingerprint density at radius 2 is 1.96 bits per heavy atom. The maximum atomic E-state index is 12.5. The molecule has 0 unspecified atom stereocenters.